The molecule has 1 aliphatic heterocycles. The van der Waals surface area contributed by atoms with E-state index in [9.17, 15) is 0 Å². The van der Waals surface area contributed by atoms with Crippen molar-refractivity contribution in [2.24, 2.45) is 7.05 Å². The second kappa shape index (κ2) is 4.97. The summed E-state index contributed by atoms with van der Waals surface area (Å²) in [6.45, 7) is 7.06. The quantitative estimate of drug-likeness (QED) is 0.564. The van der Waals surface area contributed by atoms with Gasteiger partial charge in [-0.25, -0.2) is 4.98 Å². The van der Waals surface area contributed by atoms with Gasteiger partial charge in [-0.2, -0.15) is 0 Å². The number of hydrogen-bond acceptors (Lipinski definition) is 1. The van der Waals surface area contributed by atoms with Gasteiger partial charge in [-0.3, -0.25) is 0 Å². The van der Waals surface area contributed by atoms with E-state index in [1.807, 2.05) is 0 Å². The minimum absolute atomic E-state index is 0.278. The highest BCUT2D eigenvalue weighted by atomic mass is 15.1. The number of benzene rings is 2. The molecule has 5 rings (SSSR count). The Morgan fingerprint density at radius 2 is 2.12 bits per heavy atom. The van der Waals surface area contributed by atoms with Crippen molar-refractivity contribution >= 4 is 11.0 Å². The van der Waals surface area contributed by atoms with Crippen LogP contribution in [0.4, 0.5) is 0 Å². The Labute approximate surface area is 149 Å². The highest BCUT2D eigenvalue weighted by Crippen LogP contribution is 2.49. The number of nitrogens with zero attached hydrogens (tertiary/aromatic N) is 2. The van der Waals surface area contributed by atoms with E-state index in [1.165, 1.54) is 47.9 Å². The summed E-state index contributed by atoms with van der Waals surface area (Å²) in [5.74, 6) is 1.72. The van der Waals surface area contributed by atoms with E-state index in [4.69, 9.17) is 4.98 Å². The van der Waals surface area contributed by atoms with Gasteiger partial charge in [-0.1, -0.05) is 32.0 Å². The van der Waals surface area contributed by atoms with Crippen LogP contribution in [0.3, 0.4) is 0 Å². The van der Waals surface area contributed by atoms with Crippen LogP contribution in [0, 0.1) is 6.92 Å². The smallest absolute Gasteiger partial charge is 0.141 e. The molecular weight excluding hydrogens is 304 g/mol. The van der Waals surface area contributed by atoms with Crippen molar-refractivity contribution in [2.45, 2.75) is 57.8 Å². The van der Waals surface area contributed by atoms with Gasteiger partial charge in [0.2, 0.25) is 0 Å². The van der Waals surface area contributed by atoms with Gasteiger partial charge in [0.05, 0.1) is 11.0 Å². The minimum Gasteiger partial charge on any atom is -0.327 e. The lowest BCUT2D eigenvalue weighted by atomic mass is 9.72. The SMILES string of the molecule is CCC1CC2(C)CCc3cc4c(cc32)nc(n4C)-c2c(C)cccc21. The molecule has 2 nitrogen and oxygen atoms in total. The van der Waals surface area contributed by atoms with E-state index >= 15 is 0 Å². The first-order valence-electron chi connectivity index (χ1n) is 9.61. The summed E-state index contributed by atoms with van der Waals surface area (Å²) in [6.07, 6.45) is 4.90. The third-order valence-corrected chi connectivity index (χ3v) is 6.86. The first-order chi connectivity index (χ1) is 12.0. The van der Waals surface area contributed by atoms with Gasteiger partial charge in [0, 0.05) is 12.6 Å². The lowest BCUT2D eigenvalue weighted by molar-refractivity contribution is 0.383. The van der Waals surface area contributed by atoms with Crippen molar-refractivity contribution in [3.8, 4) is 11.4 Å². The number of aryl methyl sites for hydroxylation is 3. The fraction of sp³-hybridized carbons (Fsp3) is 0.435. The molecule has 2 heterocycles. The van der Waals surface area contributed by atoms with Crippen LogP contribution >= 0.6 is 0 Å². The molecule has 1 aromatic heterocycles. The third kappa shape index (κ3) is 1.94. The number of rotatable bonds is 1. The number of imidazole rings is 1. The first kappa shape index (κ1) is 15.2. The molecule has 2 aromatic carbocycles. The Morgan fingerprint density at radius 1 is 1.28 bits per heavy atom. The van der Waals surface area contributed by atoms with E-state index in [0.717, 1.165) is 11.3 Å². The summed E-state index contributed by atoms with van der Waals surface area (Å²) >= 11 is 0. The first-order valence-corrected chi connectivity index (χ1v) is 9.61. The van der Waals surface area contributed by atoms with Crippen LogP contribution in [0.2, 0.25) is 0 Å². The van der Waals surface area contributed by atoms with E-state index in [-0.39, 0.29) is 5.41 Å². The van der Waals surface area contributed by atoms with Gasteiger partial charge in [0.1, 0.15) is 5.82 Å². The molecule has 0 spiro atoms. The van der Waals surface area contributed by atoms with Gasteiger partial charge < -0.3 is 4.57 Å². The fourth-order valence-electron chi connectivity index (χ4n) is 5.39. The predicted octanol–water partition coefficient (Wildman–Crippen LogP) is 5.65. The zero-order valence-corrected chi connectivity index (χ0v) is 15.7. The average molecular weight is 330 g/mol. The second-order valence-electron chi connectivity index (χ2n) is 8.40. The van der Waals surface area contributed by atoms with E-state index < -0.39 is 0 Å². The Balaban J connectivity index is 1.94. The summed E-state index contributed by atoms with van der Waals surface area (Å²) < 4.78 is 2.31. The summed E-state index contributed by atoms with van der Waals surface area (Å²) in [5, 5.41) is 0. The standard InChI is InChI=1S/C23H26N2/c1-5-15-13-23(3)10-9-16-11-20-19(12-18(16)23)24-22(25(20)4)21-14(2)7-6-8-17(15)21/h6-8,11-12,15H,5,9-10,13H2,1-4H3. The molecule has 0 saturated carbocycles. The van der Waals surface area contributed by atoms with Crippen LogP contribution in [0.1, 0.15) is 61.3 Å². The Morgan fingerprint density at radius 3 is 2.92 bits per heavy atom. The Hall–Kier alpha value is -2.09. The molecule has 0 radical (unpaired) electrons. The molecule has 1 aliphatic carbocycles. The van der Waals surface area contributed by atoms with Crippen LogP contribution < -0.4 is 0 Å². The van der Waals surface area contributed by atoms with Crippen LogP contribution in [0.5, 0.6) is 0 Å². The Kier molecular flexibility index (Phi) is 3.02. The van der Waals surface area contributed by atoms with Crippen LogP contribution in [-0.4, -0.2) is 9.55 Å². The van der Waals surface area contributed by atoms with Crippen molar-refractivity contribution in [1.29, 1.82) is 0 Å². The minimum atomic E-state index is 0.278. The second-order valence-corrected chi connectivity index (χ2v) is 8.40. The fourth-order valence-corrected chi connectivity index (χ4v) is 5.39. The zero-order chi connectivity index (χ0) is 17.3. The zero-order valence-electron chi connectivity index (χ0n) is 15.7. The molecule has 2 aliphatic rings. The maximum atomic E-state index is 5.11. The summed E-state index contributed by atoms with van der Waals surface area (Å²) in [5.41, 5.74) is 10.0. The Bertz CT molecular complexity index is 1010. The van der Waals surface area contributed by atoms with Crippen molar-refractivity contribution in [3.05, 3.63) is 52.6 Å². The van der Waals surface area contributed by atoms with Gasteiger partial charge in [0.15, 0.2) is 0 Å². The lowest BCUT2D eigenvalue weighted by Gasteiger charge is -2.32. The highest BCUT2D eigenvalue weighted by molar-refractivity contribution is 5.84. The molecule has 2 unspecified atom stereocenters. The molecule has 0 N–H and O–H groups in total. The average Bonchev–Trinajstić information content (AvgIpc) is 3.09. The molecule has 2 atom stereocenters. The monoisotopic (exact) mass is 330 g/mol. The summed E-state index contributed by atoms with van der Waals surface area (Å²) in [6, 6.07) is 11.6. The molecule has 2 heteroatoms. The molecule has 0 fully saturated rings. The van der Waals surface area contributed by atoms with Crippen molar-refractivity contribution < 1.29 is 0 Å². The summed E-state index contributed by atoms with van der Waals surface area (Å²) in [4.78, 5) is 5.11. The van der Waals surface area contributed by atoms with Gasteiger partial charge in [0.25, 0.3) is 0 Å². The number of hydrogen-bond donors (Lipinski definition) is 0. The maximum absolute atomic E-state index is 5.11. The third-order valence-electron chi connectivity index (χ3n) is 6.86. The van der Waals surface area contributed by atoms with Crippen molar-refractivity contribution in [2.75, 3.05) is 0 Å². The van der Waals surface area contributed by atoms with Crippen LogP contribution in [-0.2, 0) is 18.9 Å². The van der Waals surface area contributed by atoms with Gasteiger partial charge in [-0.15, -0.1) is 0 Å². The molecule has 0 saturated heterocycles. The molecule has 0 amide bonds. The van der Waals surface area contributed by atoms with E-state index in [1.54, 1.807) is 11.1 Å². The van der Waals surface area contributed by atoms with Crippen LogP contribution in [0.25, 0.3) is 22.4 Å². The molecule has 128 valence electrons. The van der Waals surface area contributed by atoms with Gasteiger partial charge in [-0.05, 0) is 78.3 Å². The predicted molar refractivity (Wildman–Crippen MR) is 104 cm³/mol. The maximum Gasteiger partial charge on any atom is 0.141 e. The molecule has 25 heavy (non-hydrogen) atoms. The van der Waals surface area contributed by atoms with E-state index in [2.05, 4.69) is 62.7 Å². The highest BCUT2D eigenvalue weighted by Gasteiger charge is 2.38. The van der Waals surface area contributed by atoms with Gasteiger partial charge >= 0.3 is 0 Å². The molecular formula is C23H26N2. The topological polar surface area (TPSA) is 17.8 Å². The lowest BCUT2D eigenvalue weighted by Crippen LogP contribution is -2.22. The number of fused-ring (bicyclic) bond motifs is 3. The van der Waals surface area contributed by atoms with Crippen LogP contribution in [0.15, 0.2) is 30.3 Å². The molecule has 3 bridgehead atoms. The van der Waals surface area contributed by atoms with E-state index in [0.29, 0.717) is 5.92 Å². The van der Waals surface area contributed by atoms with Crippen molar-refractivity contribution in [3.63, 3.8) is 0 Å². The number of aromatic nitrogens is 2. The molecule has 3 aromatic rings. The van der Waals surface area contributed by atoms with Crippen molar-refractivity contribution in [1.82, 2.24) is 9.55 Å². The summed E-state index contributed by atoms with van der Waals surface area (Å²) in [7, 11) is 2.18. The largest absolute Gasteiger partial charge is 0.327 e. The normalized spacial score (nSPS) is 24.2.